The third-order valence-corrected chi connectivity index (χ3v) is 2.37. The molecule has 0 saturated heterocycles. The number of amides is 1. The van der Waals surface area contributed by atoms with Crippen molar-refractivity contribution in [2.24, 2.45) is 0 Å². The lowest BCUT2D eigenvalue weighted by molar-refractivity contribution is -0.138. The molecule has 1 aromatic carbocycles. The zero-order valence-electron chi connectivity index (χ0n) is 9.44. The van der Waals surface area contributed by atoms with Gasteiger partial charge < -0.3 is 10.4 Å². The average Bonchev–Trinajstić information content (AvgIpc) is 2.27. The zero-order chi connectivity index (χ0) is 12.8. The monoisotopic (exact) mass is 239 g/mol. The summed E-state index contributed by atoms with van der Waals surface area (Å²) in [6.45, 7) is 1.45. The first-order valence-electron chi connectivity index (χ1n) is 5.23. The molecule has 0 aliphatic heterocycles. The van der Waals surface area contributed by atoms with E-state index < -0.39 is 5.97 Å². The predicted octanol–water partition coefficient (Wildman–Crippen LogP) is 1.52. The van der Waals surface area contributed by atoms with Gasteiger partial charge in [0, 0.05) is 6.42 Å². The minimum absolute atomic E-state index is 0.0793. The van der Waals surface area contributed by atoms with E-state index in [2.05, 4.69) is 5.32 Å². The molecule has 17 heavy (non-hydrogen) atoms. The van der Waals surface area contributed by atoms with Crippen LogP contribution in [0.4, 0.5) is 4.39 Å². The SMILES string of the molecule is CC(CC(=O)NCC(=O)O)c1ccc(F)cc1. The summed E-state index contributed by atoms with van der Waals surface area (Å²) in [5, 5.41) is 10.7. The molecule has 1 aromatic rings. The number of carboxylic acids is 1. The Bertz CT molecular complexity index is 403. The van der Waals surface area contributed by atoms with Gasteiger partial charge in [0.25, 0.3) is 0 Å². The van der Waals surface area contributed by atoms with Crippen LogP contribution in [0.5, 0.6) is 0 Å². The number of rotatable bonds is 5. The Morgan fingerprint density at radius 3 is 2.47 bits per heavy atom. The van der Waals surface area contributed by atoms with Gasteiger partial charge in [0.1, 0.15) is 12.4 Å². The quantitative estimate of drug-likeness (QED) is 0.818. The number of hydrogen-bond acceptors (Lipinski definition) is 2. The molecule has 0 radical (unpaired) electrons. The lowest BCUT2D eigenvalue weighted by Crippen LogP contribution is -2.29. The Morgan fingerprint density at radius 2 is 1.94 bits per heavy atom. The van der Waals surface area contributed by atoms with E-state index in [4.69, 9.17) is 5.11 Å². The van der Waals surface area contributed by atoms with E-state index in [0.717, 1.165) is 5.56 Å². The molecule has 0 fully saturated rings. The summed E-state index contributed by atoms with van der Waals surface area (Å²) in [6, 6.07) is 5.90. The zero-order valence-corrected chi connectivity index (χ0v) is 9.44. The van der Waals surface area contributed by atoms with Crippen molar-refractivity contribution in [3.63, 3.8) is 0 Å². The molecule has 1 atom stereocenters. The molecule has 0 aliphatic carbocycles. The molecule has 1 amide bonds. The van der Waals surface area contributed by atoms with Crippen molar-refractivity contribution < 1.29 is 19.1 Å². The summed E-state index contributed by atoms with van der Waals surface area (Å²) in [5.74, 6) is -1.81. The second-order valence-electron chi connectivity index (χ2n) is 3.83. The van der Waals surface area contributed by atoms with E-state index in [0.29, 0.717) is 0 Å². The van der Waals surface area contributed by atoms with E-state index in [1.807, 2.05) is 6.92 Å². The van der Waals surface area contributed by atoms with Gasteiger partial charge in [0.2, 0.25) is 5.91 Å². The van der Waals surface area contributed by atoms with Crippen LogP contribution in [0.1, 0.15) is 24.8 Å². The molecular weight excluding hydrogens is 225 g/mol. The molecule has 0 bridgehead atoms. The number of nitrogens with one attached hydrogen (secondary N) is 1. The molecule has 0 aliphatic rings. The van der Waals surface area contributed by atoms with Gasteiger partial charge in [-0.05, 0) is 23.6 Å². The smallest absolute Gasteiger partial charge is 0.322 e. The molecule has 0 heterocycles. The van der Waals surface area contributed by atoms with Gasteiger partial charge in [0.05, 0.1) is 0 Å². The Balaban J connectivity index is 2.48. The van der Waals surface area contributed by atoms with Crippen LogP contribution in [0.3, 0.4) is 0 Å². The van der Waals surface area contributed by atoms with Crippen LogP contribution >= 0.6 is 0 Å². The van der Waals surface area contributed by atoms with Gasteiger partial charge in [-0.15, -0.1) is 0 Å². The van der Waals surface area contributed by atoms with Crippen LogP contribution in [0, 0.1) is 5.82 Å². The van der Waals surface area contributed by atoms with Crippen molar-refractivity contribution in [2.45, 2.75) is 19.3 Å². The van der Waals surface area contributed by atoms with Crippen molar-refractivity contribution in [1.82, 2.24) is 5.32 Å². The maximum absolute atomic E-state index is 12.7. The second kappa shape index (κ2) is 5.98. The van der Waals surface area contributed by atoms with Crippen LogP contribution < -0.4 is 5.32 Å². The standard InChI is InChI=1S/C12H14FNO3/c1-8(6-11(15)14-7-12(16)17)9-2-4-10(13)5-3-9/h2-5,8H,6-7H2,1H3,(H,14,15)(H,16,17). The Hall–Kier alpha value is -1.91. The molecule has 0 saturated carbocycles. The van der Waals surface area contributed by atoms with Gasteiger partial charge >= 0.3 is 5.97 Å². The molecular formula is C12H14FNO3. The Labute approximate surface area is 98.5 Å². The molecule has 92 valence electrons. The predicted molar refractivity (Wildman–Crippen MR) is 60.1 cm³/mol. The van der Waals surface area contributed by atoms with Crippen LogP contribution in [0.2, 0.25) is 0 Å². The highest BCUT2D eigenvalue weighted by Crippen LogP contribution is 2.18. The number of hydrogen-bond donors (Lipinski definition) is 2. The topological polar surface area (TPSA) is 66.4 Å². The Morgan fingerprint density at radius 1 is 1.35 bits per heavy atom. The fourth-order valence-electron chi connectivity index (χ4n) is 1.43. The van der Waals surface area contributed by atoms with Gasteiger partial charge in [-0.2, -0.15) is 0 Å². The van der Waals surface area contributed by atoms with Gasteiger partial charge in [-0.25, -0.2) is 4.39 Å². The number of carbonyl (C=O) groups excluding carboxylic acids is 1. The third-order valence-electron chi connectivity index (χ3n) is 2.37. The Kier molecular flexibility index (Phi) is 4.63. The fraction of sp³-hybridized carbons (Fsp3) is 0.333. The molecule has 1 unspecified atom stereocenters. The number of halogens is 1. The van der Waals surface area contributed by atoms with Crippen molar-refractivity contribution in [2.75, 3.05) is 6.54 Å². The van der Waals surface area contributed by atoms with Gasteiger partial charge in [0.15, 0.2) is 0 Å². The first-order chi connectivity index (χ1) is 7.99. The summed E-state index contributed by atoms with van der Waals surface area (Å²) in [7, 11) is 0. The summed E-state index contributed by atoms with van der Waals surface area (Å²) < 4.78 is 12.7. The highest BCUT2D eigenvalue weighted by atomic mass is 19.1. The number of aliphatic carboxylic acids is 1. The van der Waals surface area contributed by atoms with E-state index in [1.54, 1.807) is 12.1 Å². The maximum Gasteiger partial charge on any atom is 0.322 e. The lowest BCUT2D eigenvalue weighted by Gasteiger charge is -2.11. The summed E-state index contributed by atoms with van der Waals surface area (Å²) in [4.78, 5) is 21.6. The number of benzene rings is 1. The highest BCUT2D eigenvalue weighted by molar-refractivity contribution is 5.81. The average molecular weight is 239 g/mol. The van der Waals surface area contributed by atoms with Crippen LogP contribution in [0.25, 0.3) is 0 Å². The first-order valence-corrected chi connectivity index (χ1v) is 5.23. The minimum atomic E-state index is -1.08. The molecule has 2 N–H and O–H groups in total. The first kappa shape index (κ1) is 13.2. The normalized spacial score (nSPS) is 11.9. The molecule has 0 spiro atoms. The lowest BCUT2D eigenvalue weighted by atomic mass is 9.97. The van der Waals surface area contributed by atoms with Crippen molar-refractivity contribution in [3.8, 4) is 0 Å². The van der Waals surface area contributed by atoms with Gasteiger partial charge in [-0.1, -0.05) is 19.1 Å². The largest absolute Gasteiger partial charge is 0.480 e. The van der Waals surface area contributed by atoms with Crippen LogP contribution in [0.15, 0.2) is 24.3 Å². The fourth-order valence-corrected chi connectivity index (χ4v) is 1.43. The number of carboxylic acid groups (broad SMARTS) is 1. The highest BCUT2D eigenvalue weighted by Gasteiger charge is 2.11. The van der Waals surface area contributed by atoms with Crippen LogP contribution in [-0.2, 0) is 9.59 Å². The maximum atomic E-state index is 12.7. The molecule has 1 rings (SSSR count). The summed E-state index contributed by atoms with van der Waals surface area (Å²) in [6.07, 6.45) is 0.179. The van der Waals surface area contributed by atoms with Crippen LogP contribution in [-0.4, -0.2) is 23.5 Å². The molecule has 4 nitrogen and oxygen atoms in total. The molecule has 5 heteroatoms. The number of carbonyl (C=O) groups is 2. The van der Waals surface area contributed by atoms with Crippen molar-refractivity contribution in [1.29, 1.82) is 0 Å². The van der Waals surface area contributed by atoms with E-state index in [-0.39, 0.29) is 30.6 Å². The third kappa shape index (κ3) is 4.63. The second-order valence-corrected chi connectivity index (χ2v) is 3.83. The summed E-state index contributed by atoms with van der Waals surface area (Å²) in [5.41, 5.74) is 0.844. The minimum Gasteiger partial charge on any atom is -0.480 e. The van der Waals surface area contributed by atoms with Gasteiger partial charge in [-0.3, -0.25) is 9.59 Å². The van der Waals surface area contributed by atoms with E-state index in [1.165, 1.54) is 12.1 Å². The molecule has 0 aromatic heterocycles. The van der Waals surface area contributed by atoms with Crippen molar-refractivity contribution >= 4 is 11.9 Å². The summed E-state index contributed by atoms with van der Waals surface area (Å²) >= 11 is 0. The van der Waals surface area contributed by atoms with Crippen molar-refractivity contribution in [3.05, 3.63) is 35.6 Å². The van der Waals surface area contributed by atoms with E-state index >= 15 is 0 Å². The van der Waals surface area contributed by atoms with E-state index in [9.17, 15) is 14.0 Å².